The first-order valence-corrected chi connectivity index (χ1v) is 10.8. The van der Waals surface area contributed by atoms with E-state index in [4.69, 9.17) is 19.2 Å². The van der Waals surface area contributed by atoms with E-state index in [1.54, 1.807) is 7.11 Å². The summed E-state index contributed by atoms with van der Waals surface area (Å²) in [6, 6.07) is 4.40. The van der Waals surface area contributed by atoms with Crippen molar-refractivity contribution < 1.29 is 9.26 Å². The molecule has 5 rings (SSSR count). The zero-order chi connectivity index (χ0) is 22.6. The number of aromatic nitrogens is 4. The van der Waals surface area contributed by atoms with E-state index in [1.807, 2.05) is 27.0 Å². The third kappa shape index (κ3) is 3.16. The SMILES string of the molecule is COc1cc2c(cc1-c1c(C)noc1C)[nH]c1nc(C)nc(C3=CC(C(C)C)NC=C3)c12. The number of nitrogens with one attached hydrogen (secondary N) is 2. The Labute approximate surface area is 186 Å². The van der Waals surface area contributed by atoms with Gasteiger partial charge in [-0.05, 0) is 51.1 Å². The molecular weight excluding hydrogens is 402 g/mol. The second kappa shape index (κ2) is 7.51. The highest BCUT2D eigenvalue weighted by Gasteiger charge is 2.22. The zero-order valence-corrected chi connectivity index (χ0v) is 19.2. The number of fused-ring (bicyclic) bond motifs is 3. The van der Waals surface area contributed by atoms with Crippen molar-refractivity contribution in [2.24, 2.45) is 5.92 Å². The molecule has 2 N–H and O–H groups in total. The van der Waals surface area contributed by atoms with Gasteiger partial charge in [-0.2, -0.15) is 0 Å². The third-order valence-electron chi connectivity index (χ3n) is 6.09. The number of methoxy groups -OCH3 is 1. The molecule has 0 amide bonds. The van der Waals surface area contributed by atoms with Gasteiger partial charge in [0.2, 0.25) is 0 Å². The Morgan fingerprint density at radius 2 is 1.94 bits per heavy atom. The Balaban J connectivity index is 1.79. The Hall–Kier alpha value is -3.61. The minimum Gasteiger partial charge on any atom is -0.496 e. The number of dihydropyridines is 1. The molecule has 164 valence electrons. The predicted octanol–water partition coefficient (Wildman–Crippen LogP) is 5.22. The number of allylic oxidation sites excluding steroid dienone is 2. The molecule has 1 atom stereocenters. The molecule has 0 radical (unpaired) electrons. The minimum atomic E-state index is 0.256. The van der Waals surface area contributed by atoms with Crippen LogP contribution in [0.15, 0.2) is 35.0 Å². The van der Waals surface area contributed by atoms with Gasteiger partial charge in [-0.15, -0.1) is 0 Å². The quantitative estimate of drug-likeness (QED) is 0.462. The van der Waals surface area contributed by atoms with Gasteiger partial charge in [0.15, 0.2) is 0 Å². The van der Waals surface area contributed by atoms with E-state index in [2.05, 4.69) is 53.6 Å². The van der Waals surface area contributed by atoms with Crippen LogP contribution in [-0.4, -0.2) is 33.3 Å². The maximum atomic E-state index is 5.80. The molecule has 1 aliphatic heterocycles. The largest absolute Gasteiger partial charge is 0.496 e. The van der Waals surface area contributed by atoms with Crippen LogP contribution in [0.4, 0.5) is 0 Å². The van der Waals surface area contributed by atoms with Gasteiger partial charge in [0.25, 0.3) is 0 Å². The lowest BCUT2D eigenvalue weighted by molar-refractivity contribution is 0.393. The van der Waals surface area contributed by atoms with Crippen molar-refractivity contribution >= 4 is 27.5 Å². The smallest absolute Gasteiger partial charge is 0.142 e. The van der Waals surface area contributed by atoms with Crippen LogP contribution in [0.5, 0.6) is 5.75 Å². The number of rotatable bonds is 4. The topological polar surface area (TPSA) is 88.9 Å². The number of benzene rings is 1. The summed E-state index contributed by atoms with van der Waals surface area (Å²) < 4.78 is 11.2. The highest BCUT2D eigenvalue weighted by molar-refractivity contribution is 6.12. The van der Waals surface area contributed by atoms with E-state index >= 15 is 0 Å². The van der Waals surface area contributed by atoms with Gasteiger partial charge in [0.05, 0.1) is 29.4 Å². The molecule has 0 aliphatic carbocycles. The summed E-state index contributed by atoms with van der Waals surface area (Å²) in [6.45, 7) is 10.2. The number of hydrogen-bond donors (Lipinski definition) is 2. The second-order valence-electron chi connectivity index (χ2n) is 8.66. The second-order valence-corrected chi connectivity index (χ2v) is 8.66. The van der Waals surface area contributed by atoms with Crippen molar-refractivity contribution in [2.75, 3.05) is 7.11 Å². The molecule has 0 fully saturated rings. The van der Waals surface area contributed by atoms with E-state index < -0.39 is 0 Å². The van der Waals surface area contributed by atoms with Gasteiger partial charge in [0.1, 0.15) is 23.0 Å². The average Bonchev–Trinajstić information content (AvgIpc) is 3.30. The van der Waals surface area contributed by atoms with Crippen molar-refractivity contribution in [1.29, 1.82) is 0 Å². The Kier molecular flexibility index (Phi) is 4.77. The predicted molar refractivity (Wildman–Crippen MR) is 127 cm³/mol. The van der Waals surface area contributed by atoms with Crippen LogP contribution in [0.2, 0.25) is 0 Å². The van der Waals surface area contributed by atoms with Crippen LogP contribution in [-0.2, 0) is 0 Å². The number of H-pyrrole nitrogens is 1. The van der Waals surface area contributed by atoms with Gasteiger partial charge in [0, 0.05) is 28.1 Å². The highest BCUT2D eigenvalue weighted by atomic mass is 16.5. The highest BCUT2D eigenvalue weighted by Crippen LogP contribution is 2.40. The van der Waals surface area contributed by atoms with E-state index in [-0.39, 0.29) is 6.04 Å². The molecule has 3 aromatic heterocycles. The molecule has 7 nitrogen and oxygen atoms in total. The van der Waals surface area contributed by atoms with Gasteiger partial charge >= 0.3 is 0 Å². The Bertz CT molecular complexity index is 1390. The van der Waals surface area contributed by atoms with Crippen molar-refractivity contribution in [3.8, 4) is 16.9 Å². The van der Waals surface area contributed by atoms with Crippen LogP contribution in [0, 0.1) is 26.7 Å². The van der Waals surface area contributed by atoms with E-state index in [1.165, 1.54) is 0 Å². The fourth-order valence-corrected chi connectivity index (χ4v) is 4.47. The molecule has 0 saturated carbocycles. The van der Waals surface area contributed by atoms with Crippen LogP contribution >= 0.6 is 0 Å². The number of ether oxygens (including phenoxy) is 1. The molecule has 4 heterocycles. The van der Waals surface area contributed by atoms with Crippen molar-refractivity contribution in [1.82, 2.24) is 25.4 Å². The lowest BCUT2D eigenvalue weighted by Crippen LogP contribution is -2.29. The van der Waals surface area contributed by atoms with Gasteiger partial charge in [-0.1, -0.05) is 25.1 Å². The molecule has 4 aromatic rings. The van der Waals surface area contributed by atoms with E-state index in [0.29, 0.717) is 5.92 Å². The van der Waals surface area contributed by atoms with Crippen molar-refractivity contribution in [2.45, 2.75) is 40.7 Å². The first-order valence-electron chi connectivity index (χ1n) is 10.8. The van der Waals surface area contributed by atoms with E-state index in [9.17, 15) is 0 Å². The standard InChI is InChI=1S/C25H27N5O2/c1-12(2)19-9-16(7-8-26-19)24-23-17-11-21(31-6)18(22-13(3)30-32-14(22)4)10-20(17)29-25(23)28-15(5)27-24/h7-12,19,26H,1-6H3,(H,27,28,29). The third-order valence-corrected chi connectivity index (χ3v) is 6.09. The number of nitrogens with zero attached hydrogens (tertiary/aromatic N) is 3. The first kappa shape index (κ1) is 20.3. The van der Waals surface area contributed by atoms with Gasteiger partial charge < -0.3 is 19.6 Å². The van der Waals surface area contributed by atoms with Crippen molar-refractivity contribution in [3.05, 3.63) is 53.5 Å². The first-order chi connectivity index (χ1) is 15.4. The van der Waals surface area contributed by atoms with Crippen molar-refractivity contribution in [3.63, 3.8) is 0 Å². The van der Waals surface area contributed by atoms with Crippen LogP contribution in [0.1, 0.15) is 36.8 Å². The van der Waals surface area contributed by atoms with Gasteiger partial charge in [-0.25, -0.2) is 9.97 Å². The summed E-state index contributed by atoms with van der Waals surface area (Å²) in [7, 11) is 1.69. The van der Waals surface area contributed by atoms with E-state index in [0.717, 1.165) is 67.4 Å². The molecule has 32 heavy (non-hydrogen) atoms. The van der Waals surface area contributed by atoms with Crippen LogP contribution in [0.3, 0.4) is 0 Å². The normalized spacial score (nSPS) is 16.1. The lowest BCUT2D eigenvalue weighted by atomic mass is 9.95. The summed E-state index contributed by atoms with van der Waals surface area (Å²) >= 11 is 0. The maximum Gasteiger partial charge on any atom is 0.142 e. The average molecular weight is 430 g/mol. The van der Waals surface area contributed by atoms with Crippen LogP contribution < -0.4 is 10.1 Å². The van der Waals surface area contributed by atoms with Crippen LogP contribution in [0.25, 0.3) is 38.6 Å². The minimum absolute atomic E-state index is 0.256. The molecule has 1 aliphatic rings. The zero-order valence-electron chi connectivity index (χ0n) is 19.2. The van der Waals surface area contributed by atoms with Gasteiger partial charge in [-0.3, -0.25) is 0 Å². The maximum absolute atomic E-state index is 5.80. The summed E-state index contributed by atoms with van der Waals surface area (Å²) in [6.07, 6.45) is 6.34. The molecule has 1 unspecified atom stereocenters. The lowest BCUT2D eigenvalue weighted by Gasteiger charge is -2.22. The molecule has 0 saturated heterocycles. The summed E-state index contributed by atoms with van der Waals surface area (Å²) in [5.74, 6) is 2.71. The Morgan fingerprint density at radius 1 is 1.12 bits per heavy atom. The monoisotopic (exact) mass is 429 g/mol. The number of aryl methyl sites for hydroxylation is 3. The molecule has 1 aromatic carbocycles. The summed E-state index contributed by atoms with van der Waals surface area (Å²) in [5, 5.41) is 9.55. The molecule has 0 spiro atoms. The summed E-state index contributed by atoms with van der Waals surface area (Å²) in [4.78, 5) is 13.1. The molecular formula is C25H27N5O2. The fraction of sp³-hybridized carbons (Fsp3) is 0.320. The Morgan fingerprint density at radius 3 is 2.62 bits per heavy atom. The summed E-state index contributed by atoms with van der Waals surface area (Å²) in [5.41, 5.74) is 6.52. The fourth-order valence-electron chi connectivity index (χ4n) is 4.47. The molecule has 0 bridgehead atoms. The molecule has 7 heteroatoms. The number of hydrogen-bond acceptors (Lipinski definition) is 6. The number of aromatic amines is 1.